The molecule has 0 spiro atoms. The fourth-order valence-corrected chi connectivity index (χ4v) is 2.66. The highest BCUT2D eigenvalue weighted by Crippen LogP contribution is 2.23. The number of methoxy groups -OCH3 is 1. The minimum Gasteiger partial charge on any atom is -0.497 e. The number of rotatable bonds is 5. The normalized spacial score (nSPS) is 10.4. The summed E-state index contributed by atoms with van der Waals surface area (Å²) in [6.07, 6.45) is 3.16. The summed E-state index contributed by atoms with van der Waals surface area (Å²) in [5.41, 5.74) is 0.982. The molecule has 0 unspecified atom stereocenters. The van der Waals surface area contributed by atoms with E-state index in [1.807, 2.05) is 29.6 Å². The van der Waals surface area contributed by atoms with E-state index in [1.54, 1.807) is 30.3 Å². The van der Waals surface area contributed by atoms with Crippen LogP contribution in [0.1, 0.15) is 16.1 Å². The molecule has 0 atom stereocenters. The zero-order valence-electron chi connectivity index (χ0n) is 11.9. The van der Waals surface area contributed by atoms with Crippen molar-refractivity contribution in [2.24, 2.45) is 0 Å². The van der Waals surface area contributed by atoms with E-state index in [4.69, 9.17) is 9.15 Å². The van der Waals surface area contributed by atoms with Crippen LogP contribution < -0.4 is 9.64 Å². The molecule has 0 N–H and O–H groups in total. The van der Waals surface area contributed by atoms with Crippen LogP contribution in [0.5, 0.6) is 5.75 Å². The molecule has 22 heavy (non-hydrogen) atoms. The largest absolute Gasteiger partial charge is 0.497 e. The number of benzene rings is 1. The van der Waals surface area contributed by atoms with E-state index in [-0.39, 0.29) is 5.91 Å². The number of hydrogen-bond acceptors (Lipinski definition) is 5. The Hall–Kier alpha value is -2.60. The van der Waals surface area contributed by atoms with E-state index in [9.17, 15) is 4.79 Å². The Balaban J connectivity index is 1.87. The van der Waals surface area contributed by atoms with Gasteiger partial charge in [-0.2, -0.15) is 0 Å². The van der Waals surface area contributed by atoms with Crippen LogP contribution in [0.3, 0.4) is 0 Å². The molecule has 2 aromatic heterocycles. The van der Waals surface area contributed by atoms with E-state index < -0.39 is 0 Å². The molecule has 0 aliphatic rings. The molecule has 5 nitrogen and oxygen atoms in total. The third kappa shape index (κ3) is 3.01. The first-order valence-electron chi connectivity index (χ1n) is 6.65. The van der Waals surface area contributed by atoms with Crippen LogP contribution in [0.4, 0.5) is 5.13 Å². The summed E-state index contributed by atoms with van der Waals surface area (Å²) in [5, 5.41) is 2.48. The maximum atomic E-state index is 12.6. The lowest BCUT2D eigenvalue weighted by Gasteiger charge is -2.19. The van der Waals surface area contributed by atoms with Crippen LogP contribution in [0, 0.1) is 0 Å². The summed E-state index contributed by atoms with van der Waals surface area (Å²) in [7, 11) is 1.62. The van der Waals surface area contributed by atoms with Crippen LogP contribution in [0.2, 0.25) is 0 Å². The summed E-state index contributed by atoms with van der Waals surface area (Å²) >= 11 is 1.41. The molecule has 1 aromatic carbocycles. The van der Waals surface area contributed by atoms with Gasteiger partial charge in [0.15, 0.2) is 10.9 Å². The average Bonchev–Trinajstić information content (AvgIpc) is 3.25. The van der Waals surface area contributed by atoms with Gasteiger partial charge in [0, 0.05) is 11.6 Å². The molecule has 0 saturated carbocycles. The molecule has 0 aliphatic carbocycles. The number of aromatic nitrogens is 1. The lowest BCUT2D eigenvalue weighted by atomic mass is 10.2. The average molecular weight is 314 g/mol. The number of hydrogen-bond donors (Lipinski definition) is 0. The number of thiazole rings is 1. The highest BCUT2D eigenvalue weighted by Gasteiger charge is 2.22. The number of amides is 1. The predicted octanol–water partition coefficient (Wildman–Crippen LogP) is 3.59. The van der Waals surface area contributed by atoms with Crippen molar-refractivity contribution in [2.45, 2.75) is 6.54 Å². The third-order valence-corrected chi connectivity index (χ3v) is 3.92. The summed E-state index contributed by atoms with van der Waals surface area (Å²) in [4.78, 5) is 18.4. The van der Waals surface area contributed by atoms with Gasteiger partial charge in [-0.1, -0.05) is 12.1 Å². The molecular weight excluding hydrogens is 300 g/mol. The Bertz CT molecular complexity index is 721. The maximum Gasteiger partial charge on any atom is 0.296 e. The molecule has 0 aliphatic heterocycles. The van der Waals surface area contributed by atoms with Crippen LogP contribution in [0.15, 0.2) is 58.7 Å². The Kier molecular flexibility index (Phi) is 4.20. The quantitative estimate of drug-likeness (QED) is 0.722. The van der Waals surface area contributed by atoms with Crippen LogP contribution in [0.25, 0.3) is 0 Å². The van der Waals surface area contributed by atoms with E-state index in [0.717, 1.165) is 11.3 Å². The number of furan rings is 1. The first-order chi connectivity index (χ1) is 10.8. The molecule has 2 heterocycles. The topological polar surface area (TPSA) is 55.6 Å². The Morgan fingerprint density at radius 1 is 1.32 bits per heavy atom. The van der Waals surface area contributed by atoms with Crippen molar-refractivity contribution >= 4 is 22.4 Å². The first kappa shape index (κ1) is 14.3. The van der Waals surface area contributed by atoms with Gasteiger partial charge in [0.05, 0.1) is 19.9 Å². The molecule has 6 heteroatoms. The second-order valence-corrected chi connectivity index (χ2v) is 5.40. The summed E-state index contributed by atoms with van der Waals surface area (Å²) < 4.78 is 10.4. The number of carbonyl (C=O) groups is 1. The van der Waals surface area contributed by atoms with Gasteiger partial charge in [-0.25, -0.2) is 4.98 Å². The zero-order chi connectivity index (χ0) is 15.4. The van der Waals surface area contributed by atoms with Gasteiger partial charge < -0.3 is 9.15 Å². The Morgan fingerprint density at radius 3 is 2.73 bits per heavy atom. The van der Waals surface area contributed by atoms with Crippen molar-refractivity contribution in [3.05, 3.63) is 65.6 Å². The maximum absolute atomic E-state index is 12.6. The molecule has 0 fully saturated rings. The summed E-state index contributed by atoms with van der Waals surface area (Å²) in [5.74, 6) is 0.862. The number of nitrogens with zero attached hydrogens (tertiary/aromatic N) is 2. The smallest absolute Gasteiger partial charge is 0.296 e. The van der Waals surface area contributed by atoms with E-state index in [2.05, 4.69) is 4.98 Å². The van der Waals surface area contributed by atoms with Gasteiger partial charge in [0.25, 0.3) is 5.91 Å². The zero-order valence-corrected chi connectivity index (χ0v) is 12.7. The lowest BCUT2D eigenvalue weighted by molar-refractivity contribution is 0.0958. The molecule has 0 bridgehead atoms. The van der Waals surface area contributed by atoms with Gasteiger partial charge in [-0.15, -0.1) is 11.3 Å². The second-order valence-electron chi connectivity index (χ2n) is 4.53. The number of anilines is 1. The van der Waals surface area contributed by atoms with Crippen LogP contribution >= 0.6 is 11.3 Å². The number of ether oxygens (including phenoxy) is 1. The highest BCUT2D eigenvalue weighted by molar-refractivity contribution is 7.13. The van der Waals surface area contributed by atoms with Gasteiger partial charge in [-0.05, 0) is 29.8 Å². The van der Waals surface area contributed by atoms with Crippen molar-refractivity contribution in [2.75, 3.05) is 12.0 Å². The van der Waals surface area contributed by atoms with E-state index in [1.165, 1.54) is 17.6 Å². The van der Waals surface area contributed by atoms with Crippen LogP contribution in [-0.2, 0) is 6.54 Å². The van der Waals surface area contributed by atoms with E-state index in [0.29, 0.717) is 17.4 Å². The van der Waals surface area contributed by atoms with Crippen molar-refractivity contribution in [1.82, 2.24) is 4.98 Å². The Morgan fingerprint density at radius 2 is 2.14 bits per heavy atom. The standard InChI is InChI=1S/C16H14N2O3S/c1-20-13-6-4-12(5-7-13)11-18(16-17-8-10-22-16)15(19)14-3-2-9-21-14/h2-10H,11H2,1H3. The van der Waals surface area contributed by atoms with Gasteiger partial charge >= 0.3 is 0 Å². The van der Waals surface area contributed by atoms with Crippen LogP contribution in [-0.4, -0.2) is 18.0 Å². The third-order valence-electron chi connectivity index (χ3n) is 3.13. The second kappa shape index (κ2) is 6.44. The summed E-state index contributed by atoms with van der Waals surface area (Å²) in [6, 6.07) is 10.9. The molecule has 0 radical (unpaired) electrons. The van der Waals surface area contributed by atoms with Crippen molar-refractivity contribution in [1.29, 1.82) is 0 Å². The molecule has 3 aromatic rings. The minimum atomic E-state index is -0.212. The van der Waals surface area contributed by atoms with Crippen molar-refractivity contribution in [3.8, 4) is 5.75 Å². The summed E-state index contributed by atoms with van der Waals surface area (Å²) in [6.45, 7) is 0.414. The monoisotopic (exact) mass is 314 g/mol. The molecule has 1 amide bonds. The number of carbonyl (C=O) groups excluding carboxylic acids is 1. The first-order valence-corrected chi connectivity index (χ1v) is 7.53. The van der Waals surface area contributed by atoms with Gasteiger partial charge in [0.2, 0.25) is 0 Å². The van der Waals surface area contributed by atoms with E-state index >= 15 is 0 Å². The molecule has 0 saturated heterocycles. The Labute approximate surface area is 131 Å². The minimum absolute atomic E-state index is 0.212. The fourth-order valence-electron chi connectivity index (χ4n) is 2.02. The van der Waals surface area contributed by atoms with Crippen molar-refractivity contribution in [3.63, 3.8) is 0 Å². The fraction of sp³-hybridized carbons (Fsp3) is 0.125. The lowest BCUT2D eigenvalue weighted by Crippen LogP contribution is -2.30. The van der Waals surface area contributed by atoms with Gasteiger partial charge in [0.1, 0.15) is 5.75 Å². The van der Waals surface area contributed by atoms with Crippen molar-refractivity contribution < 1.29 is 13.9 Å². The molecule has 3 rings (SSSR count). The SMILES string of the molecule is COc1ccc(CN(C(=O)c2ccco2)c2nccs2)cc1. The molecule has 112 valence electrons. The highest BCUT2D eigenvalue weighted by atomic mass is 32.1. The predicted molar refractivity (Wildman–Crippen MR) is 84.3 cm³/mol. The van der Waals surface area contributed by atoms with Gasteiger partial charge in [-0.3, -0.25) is 9.69 Å². The molecular formula is C16H14N2O3S.